The van der Waals surface area contributed by atoms with E-state index in [0.717, 1.165) is 24.5 Å². The Morgan fingerprint density at radius 2 is 1.65 bits per heavy atom. The van der Waals surface area contributed by atoms with Crippen LogP contribution in [-0.2, 0) is 4.74 Å². The van der Waals surface area contributed by atoms with Crippen molar-refractivity contribution in [3.8, 4) is 0 Å². The second-order valence-corrected chi connectivity index (χ2v) is 11.6. The summed E-state index contributed by atoms with van der Waals surface area (Å²) in [6.07, 6.45) is 4.05. The first kappa shape index (κ1) is 25.8. The van der Waals surface area contributed by atoms with Gasteiger partial charge in [-0.1, -0.05) is 58.4 Å². The van der Waals surface area contributed by atoms with E-state index in [2.05, 4.69) is 66.4 Å². The molecule has 0 fully saturated rings. The van der Waals surface area contributed by atoms with Gasteiger partial charge in [0.2, 0.25) is 0 Å². The molecule has 0 saturated heterocycles. The van der Waals surface area contributed by atoms with Crippen LogP contribution in [0.25, 0.3) is 0 Å². The van der Waals surface area contributed by atoms with Crippen LogP contribution in [0.5, 0.6) is 0 Å². The van der Waals surface area contributed by atoms with Gasteiger partial charge in [0, 0.05) is 17.6 Å². The minimum Gasteiger partial charge on any atom is -0.375 e. The molecule has 26 heavy (non-hydrogen) atoms. The summed E-state index contributed by atoms with van der Waals surface area (Å²) in [5.41, 5.74) is -0.0550. The number of pyridine rings is 1. The van der Waals surface area contributed by atoms with Crippen LogP contribution in [0.3, 0.4) is 0 Å². The van der Waals surface area contributed by atoms with Gasteiger partial charge in [0.25, 0.3) is 0 Å². The van der Waals surface area contributed by atoms with Crippen LogP contribution >= 0.6 is 21.6 Å². The molecule has 4 heteroatoms. The second kappa shape index (κ2) is 11.6. The van der Waals surface area contributed by atoms with Crippen molar-refractivity contribution in [3.05, 3.63) is 24.4 Å². The van der Waals surface area contributed by atoms with Crippen molar-refractivity contribution >= 4 is 21.6 Å². The van der Waals surface area contributed by atoms with Gasteiger partial charge in [0.15, 0.2) is 0 Å². The molecule has 2 nitrogen and oxygen atoms in total. The third-order valence-electron chi connectivity index (χ3n) is 4.65. The van der Waals surface area contributed by atoms with Crippen LogP contribution in [0.2, 0.25) is 0 Å². The van der Waals surface area contributed by atoms with Crippen molar-refractivity contribution in [1.29, 1.82) is 0 Å². The summed E-state index contributed by atoms with van der Waals surface area (Å²) < 4.78 is 6.43. The van der Waals surface area contributed by atoms with Gasteiger partial charge in [-0.3, -0.25) is 0 Å². The SMILES string of the molecule is CC.CC(C)CCOC(C)(C)C(C)(C)CC(C)(C)SSc1ccccn1. The fraction of sp³-hybridized carbons (Fsp3) is 0.773. The van der Waals surface area contributed by atoms with Gasteiger partial charge in [-0.15, -0.1) is 0 Å². The second-order valence-electron chi connectivity index (χ2n) is 8.70. The highest BCUT2D eigenvalue weighted by molar-refractivity contribution is 8.77. The zero-order valence-corrected chi connectivity index (χ0v) is 20.3. The molecule has 0 radical (unpaired) electrons. The number of aromatic nitrogens is 1. The molecule has 0 aliphatic rings. The first-order chi connectivity index (χ1) is 12.0. The predicted octanol–water partition coefficient (Wildman–Crippen LogP) is 7.88. The zero-order valence-electron chi connectivity index (χ0n) is 18.7. The zero-order chi connectivity index (χ0) is 20.4. The molecule has 0 saturated carbocycles. The van der Waals surface area contributed by atoms with Crippen LogP contribution in [0.1, 0.15) is 82.1 Å². The molecule has 1 aromatic rings. The maximum Gasteiger partial charge on any atom is 0.106 e. The Labute approximate surface area is 171 Å². The lowest BCUT2D eigenvalue weighted by molar-refractivity contribution is -0.105. The predicted molar refractivity (Wildman–Crippen MR) is 121 cm³/mol. The van der Waals surface area contributed by atoms with Gasteiger partial charge in [-0.05, 0) is 74.8 Å². The van der Waals surface area contributed by atoms with Crippen LogP contribution in [0, 0.1) is 11.3 Å². The third kappa shape index (κ3) is 9.66. The molecular weight excluding hydrogens is 358 g/mol. The summed E-state index contributed by atoms with van der Waals surface area (Å²) >= 11 is 0. The van der Waals surface area contributed by atoms with E-state index in [1.54, 1.807) is 10.8 Å². The lowest BCUT2D eigenvalue weighted by atomic mass is 9.71. The van der Waals surface area contributed by atoms with Crippen LogP contribution in [0.4, 0.5) is 0 Å². The summed E-state index contributed by atoms with van der Waals surface area (Å²) in [5, 5.41) is 1.07. The molecule has 0 amide bonds. The number of hydrogen-bond donors (Lipinski definition) is 0. The largest absolute Gasteiger partial charge is 0.375 e. The highest BCUT2D eigenvalue weighted by atomic mass is 33.1. The van der Waals surface area contributed by atoms with E-state index in [9.17, 15) is 0 Å². The Bertz CT molecular complexity index is 484. The Morgan fingerprint density at radius 1 is 1.04 bits per heavy atom. The highest BCUT2D eigenvalue weighted by Gasteiger charge is 2.42. The maximum atomic E-state index is 6.29. The van der Waals surface area contributed by atoms with Crippen molar-refractivity contribution < 1.29 is 4.74 Å². The molecule has 1 heterocycles. The molecule has 152 valence electrons. The number of rotatable bonds is 10. The molecular formula is C22H41NOS2. The van der Waals surface area contributed by atoms with Crippen LogP contribution < -0.4 is 0 Å². The van der Waals surface area contributed by atoms with E-state index in [4.69, 9.17) is 4.74 Å². The van der Waals surface area contributed by atoms with Crippen molar-refractivity contribution in [2.45, 2.75) is 97.5 Å². The topological polar surface area (TPSA) is 22.1 Å². The van der Waals surface area contributed by atoms with E-state index in [1.807, 2.05) is 43.0 Å². The maximum absolute atomic E-state index is 6.29. The summed E-state index contributed by atoms with van der Waals surface area (Å²) in [6.45, 7) is 23.1. The van der Waals surface area contributed by atoms with Crippen molar-refractivity contribution in [2.75, 3.05) is 6.61 Å². The summed E-state index contributed by atoms with van der Waals surface area (Å²) in [5.74, 6) is 0.686. The van der Waals surface area contributed by atoms with E-state index in [1.165, 1.54) is 0 Å². The van der Waals surface area contributed by atoms with E-state index >= 15 is 0 Å². The molecule has 0 N–H and O–H groups in total. The Morgan fingerprint density at radius 3 is 2.15 bits per heavy atom. The van der Waals surface area contributed by atoms with E-state index in [0.29, 0.717) is 5.92 Å². The smallest absolute Gasteiger partial charge is 0.106 e. The number of ether oxygens (including phenoxy) is 1. The molecule has 0 bridgehead atoms. The number of hydrogen-bond acceptors (Lipinski definition) is 4. The minimum absolute atomic E-state index is 0.0884. The fourth-order valence-corrected chi connectivity index (χ4v) is 4.98. The van der Waals surface area contributed by atoms with Gasteiger partial charge in [0.1, 0.15) is 5.03 Å². The first-order valence-corrected chi connectivity index (χ1v) is 12.0. The Balaban J connectivity index is 0.00000301. The van der Waals surface area contributed by atoms with Gasteiger partial charge < -0.3 is 4.74 Å². The molecule has 0 atom stereocenters. The van der Waals surface area contributed by atoms with Crippen molar-refractivity contribution in [1.82, 2.24) is 4.98 Å². The monoisotopic (exact) mass is 399 g/mol. The summed E-state index contributed by atoms with van der Waals surface area (Å²) in [7, 11) is 3.67. The standard InChI is InChI=1S/C20H35NOS2.C2H6/c1-16(2)12-14-22-20(7,8)18(3,4)15-19(5,6)24-23-17-11-9-10-13-21-17;1-2/h9-11,13,16H,12,14-15H2,1-8H3;1-2H3. The lowest BCUT2D eigenvalue weighted by Gasteiger charge is -2.45. The average Bonchev–Trinajstić information content (AvgIpc) is 2.54. The highest BCUT2D eigenvalue weighted by Crippen LogP contribution is 2.49. The number of nitrogens with zero attached hydrogens (tertiary/aromatic N) is 1. The van der Waals surface area contributed by atoms with E-state index in [-0.39, 0.29) is 15.8 Å². The van der Waals surface area contributed by atoms with Gasteiger partial charge >= 0.3 is 0 Å². The Hall–Kier alpha value is -0.190. The van der Waals surface area contributed by atoms with Crippen LogP contribution in [-0.4, -0.2) is 21.9 Å². The van der Waals surface area contributed by atoms with Gasteiger partial charge in [-0.2, -0.15) is 0 Å². The van der Waals surface area contributed by atoms with Gasteiger partial charge in [0.05, 0.1) is 5.60 Å². The van der Waals surface area contributed by atoms with Crippen molar-refractivity contribution in [3.63, 3.8) is 0 Å². The minimum atomic E-state index is -0.143. The Kier molecular flexibility index (Phi) is 11.5. The third-order valence-corrected chi connectivity index (χ3v) is 7.85. The van der Waals surface area contributed by atoms with E-state index < -0.39 is 0 Å². The van der Waals surface area contributed by atoms with Crippen LogP contribution in [0.15, 0.2) is 29.4 Å². The average molecular weight is 400 g/mol. The molecule has 0 spiro atoms. The molecule has 0 aromatic carbocycles. The molecule has 0 aliphatic carbocycles. The molecule has 1 rings (SSSR count). The molecule has 1 aromatic heterocycles. The summed E-state index contributed by atoms with van der Waals surface area (Å²) in [6, 6.07) is 6.07. The normalized spacial score (nSPS) is 12.7. The fourth-order valence-electron chi connectivity index (χ4n) is 2.60. The summed E-state index contributed by atoms with van der Waals surface area (Å²) in [4.78, 5) is 4.40. The first-order valence-electron chi connectivity index (χ1n) is 9.86. The lowest BCUT2D eigenvalue weighted by Crippen LogP contribution is -2.45. The molecule has 0 aliphatic heterocycles. The van der Waals surface area contributed by atoms with Crippen molar-refractivity contribution in [2.24, 2.45) is 11.3 Å². The quantitative estimate of drug-likeness (QED) is 0.373. The van der Waals surface area contributed by atoms with Gasteiger partial charge in [-0.25, -0.2) is 4.98 Å². The molecule has 0 unspecified atom stereocenters.